The SMILES string of the molecule is CC/C=C\C/C=C\C/C=C\CC(=O)OCC(COC(=O)CCCCCCCCCCCCCCCCCCCCC)OC(=O)CCCCCCCCCCCCCC. The highest BCUT2D eigenvalue weighted by molar-refractivity contribution is 5.72. The molecule has 1 unspecified atom stereocenters. The lowest BCUT2D eigenvalue weighted by atomic mass is 10.0. The van der Waals surface area contributed by atoms with Gasteiger partial charge in [-0.1, -0.05) is 243 Å². The van der Waals surface area contributed by atoms with Crippen LogP contribution in [0.2, 0.25) is 0 Å². The van der Waals surface area contributed by atoms with Crippen molar-refractivity contribution in [3.05, 3.63) is 36.5 Å². The summed E-state index contributed by atoms with van der Waals surface area (Å²) in [5.41, 5.74) is 0. The Hall–Kier alpha value is -2.37. The quantitative estimate of drug-likeness (QED) is 0.0264. The van der Waals surface area contributed by atoms with Gasteiger partial charge in [0.05, 0.1) is 6.42 Å². The van der Waals surface area contributed by atoms with E-state index in [1.54, 1.807) is 6.08 Å². The standard InChI is InChI=1S/C52H94O6/c1-4-7-10-13-16-19-21-23-24-25-26-27-28-29-31-33-36-39-42-45-51(54)57-48-49(47-56-50(53)44-41-38-35-32-18-15-12-9-6-3)58-52(55)46-43-40-37-34-30-22-20-17-14-11-8-5-2/h9,12,18,32,38,41,49H,4-8,10-11,13-17,19-31,33-37,39-40,42-48H2,1-3H3/b12-9-,32-18-,41-38-. The molecule has 0 saturated carbocycles. The number of carbonyl (C=O) groups is 3. The van der Waals surface area contributed by atoms with Crippen LogP contribution in [-0.2, 0) is 28.6 Å². The summed E-state index contributed by atoms with van der Waals surface area (Å²) in [6.07, 6.45) is 54.6. The van der Waals surface area contributed by atoms with Crippen molar-refractivity contribution < 1.29 is 28.6 Å². The number of hydrogen-bond acceptors (Lipinski definition) is 6. The fourth-order valence-corrected chi connectivity index (χ4v) is 7.21. The molecule has 0 amide bonds. The summed E-state index contributed by atoms with van der Waals surface area (Å²) in [6.45, 7) is 6.44. The van der Waals surface area contributed by atoms with E-state index in [4.69, 9.17) is 14.2 Å². The maximum atomic E-state index is 12.7. The Morgan fingerprint density at radius 2 is 0.672 bits per heavy atom. The van der Waals surface area contributed by atoms with Gasteiger partial charge in [0.15, 0.2) is 6.10 Å². The van der Waals surface area contributed by atoms with Crippen molar-refractivity contribution >= 4 is 17.9 Å². The molecule has 338 valence electrons. The van der Waals surface area contributed by atoms with Crippen LogP contribution in [0.15, 0.2) is 36.5 Å². The first-order valence-corrected chi connectivity index (χ1v) is 25.0. The van der Waals surface area contributed by atoms with E-state index in [0.29, 0.717) is 12.8 Å². The average Bonchev–Trinajstić information content (AvgIpc) is 3.22. The van der Waals surface area contributed by atoms with Crippen molar-refractivity contribution in [3.8, 4) is 0 Å². The van der Waals surface area contributed by atoms with Gasteiger partial charge < -0.3 is 14.2 Å². The number of unbranched alkanes of at least 4 members (excludes halogenated alkanes) is 29. The molecule has 6 heteroatoms. The molecule has 0 aliphatic rings. The second-order valence-corrected chi connectivity index (χ2v) is 16.7. The number of allylic oxidation sites excluding steroid dienone is 5. The van der Waals surface area contributed by atoms with Crippen LogP contribution >= 0.6 is 0 Å². The predicted octanol–water partition coefficient (Wildman–Crippen LogP) is 16.1. The fourth-order valence-electron chi connectivity index (χ4n) is 7.21. The molecule has 0 radical (unpaired) electrons. The van der Waals surface area contributed by atoms with Crippen molar-refractivity contribution in [2.24, 2.45) is 0 Å². The minimum absolute atomic E-state index is 0.0947. The van der Waals surface area contributed by atoms with E-state index in [0.717, 1.165) is 57.8 Å². The fraction of sp³-hybridized carbons (Fsp3) is 0.827. The zero-order valence-corrected chi connectivity index (χ0v) is 38.6. The van der Waals surface area contributed by atoms with Gasteiger partial charge in [0, 0.05) is 12.8 Å². The molecule has 58 heavy (non-hydrogen) atoms. The molecule has 0 spiro atoms. The summed E-state index contributed by atoms with van der Waals surface area (Å²) in [5.74, 6) is -1.02. The van der Waals surface area contributed by atoms with Crippen LogP contribution in [0.4, 0.5) is 0 Å². The summed E-state index contributed by atoms with van der Waals surface area (Å²) >= 11 is 0. The Kier molecular flexibility index (Phi) is 45.4. The van der Waals surface area contributed by atoms with Crippen molar-refractivity contribution in [1.82, 2.24) is 0 Å². The van der Waals surface area contributed by atoms with Gasteiger partial charge >= 0.3 is 17.9 Å². The maximum Gasteiger partial charge on any atom is 0.309 e. The highest BCUT2D eigenvalue weighted by Gasteiger charge is 2.19. The summed E-state index contributed by atoms with van der Waals surface area (Å²) in [7, 11) is 0. The van der Waals surface area contributed by atoms with Crippen molar-refractivity contribution in [1.29, 1.82) is 0 Å². The highest BCUT2D eigenvalue weighted by Crippen LogP contribution is 2.16. The van der Waals surface area contributed by atoms with Crippen LogP contribution in [0, 0.1) is 0 Å². The largest absolute Gasteiger partial charge is 0.462 e. The number of carbonyl (C=O) groups excluding carboxylic acids is 3. The Labute approximate surface area is 359 Å². The summed E-state index contributed by atoms with van der Waals surface area (Å²) in [6, 6.07) is 0. The van der Waals surface area contributed by atoms with Gasteiger partial charge in [-0.05, 0) is 32.1 Å². The third-order valence-corrected chi connectivity index (χ3v) is 10.9. The molecule has 0 bridgehead atoms. The molecule has 0 aromatic heterocycles. The molecule has 0 rings (SSSR count). The molecule has 0 fully saturated rings. The lowest BCUT2D eigenvalue weighted by Gasteiger charge is -2.18. The van der Waals surface area contributed by atoms with Gasteiger partial charge in [-0.3, -0.25) is 14.4 Å². The molecule has 0 aliphatic heterocycles. The monoisotopic (exact) mass is 815 g/mol. The molecule has 1 atom stereocenters. The molecular formula is C52H94O6. The summed E-state index contributed by atoms with van der Waals surface area (Å²) in [4.78, 5) is 37.7. The number of ether oxygens (including phenoxy) is 3. The average molecular weight is 815 g/mol. The van der Waals surface area contributed by atoms with E-state index < -0.39 is 12.1 Å². The van der Waals surface area contributed by atoms with Crippen LogP contribution in [0.25, 0.3) is 0 Å². The number of esters is 3. The number of rotatable bonds is 45. The van der Waals surface area contributed by atoms with Crippen molar-refractivity contribution in [2.75, 3.05) is 13.2 Å². The van der Waals surface area contributed by atoms with E-state index in [-0.39, 0.29) is 31.6 Å². The van der Waals surface area contributed by atoms with Gasteiger partial charge in [-0.25, -0.2) is 0 Å². The van der Waals surface area contributed by atoms with Crippen LogP contribution < -0.4 is 0 Å². The minimum Gasteiger partial charge on any atom is -0.462 e. The topological polar surface area (TPSA) is 78.9 Å². The number of hydrogen-bond donors (Lipinski definition) is 0. The third-order valence-electron chi connectivity index (χ3n) is 10.9. The molecule has 0 aromatic rings. The second kappa shape index (κ2) is 47.3. The van der Waals surface area contributed by atoms with Gasteiger partial charge in [0.25, 0.3) is 0 Å². The van der Waals surface area contributed by atoms with E-state index in [9.17, 15) is 14.4 Å². The van der Waals surface area contributed by atoms with Crippen molar-refractivity contribution in [3.63, 3.8) is 0 Å². The molecular weight excluding hydrogens is 721 g/mol. The molecule has 6 nitrogen and oxygen atoms in total. The highest BCUT2D eigenvalue weighted by atomic mass is 16.6. The normalized spacial score (nSPS) is 12.3. The Bertz CT molecular complexity index is 984. The molecule has 0 aromatic carbocycles. The minimum atomic E-state index is -0.800. The first-order valence-electron chi connectivity index (χ1n) is 25.0. The van der Waals surface area contributed by atoms with Gasteiger partial charge in [-0.2, -0.15) is 0 Å². The molecule has 0 N–H and O–H groups in total. The van der Waals surface area contributed by atoms with Crippen LogP contribution in [-0.4, -0.2) is 37.2 Å². The zero-order valence-electron chi connectivity index (χ0n) is 38.6. The third kappa shape index (κ3) is 44.7. The Morgan fingerprint density at radius 3 is 1.05 bits per heavy atom. The maximum absolute atomic E-state index is 12.7. The van der Waals surface area contributed by atoms with Crippen LogP contribution in [0.3, 0.4) is 0 Å². The van der Waals surface area contributed by atoms with E-state index in [2.05, 4.69) is 45.1 Å². The zero-order chi connectivity index (χ0) is 42.3. The van der Waals surface area contributed by atoms with E-state index >= 15 is 0 Å². The smallest absolute Gasteiger partial charge is 0.309 e. The Balaban J connectivity index is 4.27. The second-order valence-electron chi connectivity index (χ2n) is 16.7. The predicted molar refractivity (Wildman–Crippen MR) is 247 cm³/mol. The molecule has 0 heterocycles. The van der Waals surface area contributed by atoms with Crippen LogP contribution in [0.1, 0.15) is 258 Å². The van der Waals surface area contributed by atoms with Gasteiger partial charge in [0.1, 0.15) is 13.2 Å². The summed E-state index contributed by atoms with van der Waals surface area (Å²) in [5, 5.41) is 0. The first-order chi connectivity index (χ1) is 28.5. The van der Waals surface area contributed by atoms with Gasteiger partial charge in [0.2, 0.25) is 0 Å². The molecule has 0 aliphatic carbocycles. The first kappa shape index (κ1) is 55.6. The lowest BCUT2D eigenvalue weighted by Crippen LogP contribution is -2.30. The van der Waals surface area contributed by atoms with Gasteiger partial charge in [-0.15, -0.1) is 0 Å². The lowest BCUT2D eigenvalue weighted by molar-refractivity contribution is -0.166. The Morgan fingerprint density at radius 1 is 0.362 bits per heavy atom. The van der Waals surface area contributed by atoms with E-state index in [1.165, 1.54) is 161 Å². The van der Waals surface area contributed by atoms with Crippen molar-refractivity contribution in [2.45, 2.75) is 264 Å². The molecule has 0 saturated heterocycles. The summed E-state index contributed by atoms with van der Waals surface area (Å²) < 4.78 is 16.6. The van der Waals surface area contributed by atoms with E-state index in [1.807, 2.05) is 6.08 Å². The van der Waals surface area contributed by atoms with Crippen LogP contribution in [0.5, 0.6) is 0 Å².